The third-order valence-electron chi connectivity index (χ3n) is 14.0. The van der Waals surface area contributed by atoms with Crippen LogP contribution in [0, 0.1) is 0 Å². The third kappa shape index (κ3) is 14.5. The number of aromatic hydroxyl groups is 1. The van der Waals surface area contributed by atoms with Gasteiger partial charge in [-0.2, -0.15) is 0 Å². The fraction of sp³-hybridized carbons (Fsp3) is 0.414. The van der Waals surface area contributed by atoms with E-state index in [-0.39, 0.29) is 30.7 Å². The Hall–Kier alpha value is -5.36. The summed E-state index contributed by atoms with van der Waals surface area (Å²) in [5.41, 5.74) is 4.97. The molecule has 6 aromatic rings. The Labute approximate surface area is 445 Å². The highest BCUT2D eigenvalue weighted by atomic mass is 35.5. The molecule has 3 saturated heterocycles. The second-order valence-electron chi connectivity index (χ2n) is 19.7. The molecule has 0 aliphatic carbocycles. The van der Waals surface area contributed by atoms with Crippen LogP contribution in [0.5, 0.6) is 11.5 Å². The van der Waals surface area contributed by atoms with Gasteiger partial charge in [-0.05, 0) is 80.6 Å². The number of hydrogen-bond acceptors (Lipinski definition) is 14. The number of ether oxygens (including phenoxy) is 4. The van der Waals surface area contributed by atoms with Crippen LogP contribution >= 0.6 is 23.2 Å². The molecule has 0 radical (unpaired) electrons. The predicted molar refractivity (Wildman–Crippen MR) is 290 cm³/mol. The number of halogens is 2. The van der Waals surface area contributed by atoms with Gasteiger partial charge < -0.3 is 49.2 Å². The highest BCUT2D eigenvalue weighted by Crippen LogP contribution is 2.40. The largest absolute Gasteiger partial charge is 0.508 e. The van der Waals surface area contributed by atoms with E-state index in [0.29, 0.717) is 54.4 Å². The maximum atomic E-state index is 11.5. The topological polar surface area (TPSA) is 157 Å². The molecule has 5 heterocycles. The summed E-state index contributed by atoms with van der Waals surface area (Å²) in [6, 6.07) is 39.2. The minimum atomic E-state index is -1.08. The summed E-state index contributed by atoms with van der Waals surface area (Å²) in [5.74, 6) is 0.866. The van der Waals surface area contributed by atoms with Crippen LogP contribution in [-0.2, 0) is 38.6 Å². The summed E-state index contributed by atoms with van der Waals surface area (Å²) in [4.78, 5) is 18.0. The summed E-state index contributed by atoms with van der Waals surface area (Å²) < 4.78 is 22.3. The Morgan fingerprint density at radius 2 is 1.22 bits per heavy atom. The van der Waals surface area contributed by atoms with E-state index < -0.39 is 11.2 Å². The van der Waals surface area contributed by atoms with Gasteiger partial charge in [0.2, 0.25) is 0 Å². The number of nitrogens with zero attached hydrogens (tertiary/aromatic N) is 6. The van der Waals surface area contributed by atoms with Crippen LogP contribution in [0.2, 0.25) is 10.0 Å². The minimum Gasteiger partial charge on any atom is -0.508 e. The molecule has 394 valence electrons. The molecule has 3 aliphatic heterocycles. The van der Waals surface area contributed by atoms with Crippen LogP contribution in [0.25, 0.3) is 0 Å². The SMILES string of the molecule is COCCOc1ccc(N2CCN(C[C@@](C)(O)c3ccc(CO)nc3)C[C@H]2c2ccccc2)c(Cl)c1.C[C@@](O)(CN1CCN(c2ccc(O)cc2Cl)[C@H](c2ccccc2)C1)c1ccc(COC2CCCCO2)nc1. The van der Waals surface area contributed by atoms with Crippen molar-refractivity contribution in [3.63, 3.8) is 0 Å². The van der Waals surface area contributed by atoms with Gasteiger partial charge in [-0.15, -0.1) is 0 Å². The zero-order valence-corrected chi connectivity index (χ0v) is 44.1. The number of phenolic OH excluding ortho intramolecular Hbond substituents is 1. The molecule has 9 rings (SSSR count). The van der Waals surface area contributed by atoms with Crippen LogP contribution in [0.1, 0.15) is 78.8 Å². The van der Waals surface area contributed by atoms with Crippen molar-refractivity contribution in [3.05, 3.63) is 177 Å². The standard InChI is InChI=1S/C30H36ClN3O4.C28H34ClN3O4/c1-30(36,23-10-11-24(32-18-23)20-38-29-9-5-6-16-37-29)21-33-14-15-34(27-13-12-25(35)17-26(27)31)28(19-33)22-7-3-2-4-8-22;1-28(34,22-8-9-23(19-33)30-17-22)20-31-12-13-32(27(18-31)21-6-4-3-5-7-21)26-11-10-24(16-25(26)29)36-15-14-35-2/h2-4,7-8,10-13,17-18,28-29,35-36H,5-6,9,14-16,19-21H2,1H3;3-11,16-17,27,33-34H,12-15,18-20H2,1-2H3/t28-,29?,30+;27-,28+/m00/s1. The van der Waals surface area contributed by atoms with Gasteiger partial charge in [0, 0.05) is 102 Å². The number of anilines is 2. The molecule has 1 unspecified atom stereocenters. The zero-order chi connectivity index (χ0) is 52.1. The van der Waals surface area contributed by atoms with E-state index in [1.807, 2.05) is 92.7 Å². The molecular weight excluding hydrogens is 980 g/mol. The van der Waals surface area contributed by atoms with Gasteiger partial charge in [-0.1, -0.05) is 96.0 Å². The molecule has 2 aromatic heterocycles. The number of aromatic nitrogens is 2. The zero-order valence-electron chi connectivity index (χ0n) is 42.6. The molecule has 0 amide bonds. The first-order chi connectivity index (χ1) is 35.8. The molecule has 14 nitrogen and oxygen atoms in total. The number of pyridine rings is 2. The lowest BCUT2D eigenvalue weighted by Crippen LogP contribution is -2.52. The van der Waals surface area contributed by atoms with Gasteiger partial charge in [0.15, 0.2) is 6.29 Å². The quantitative estimate of drug-likeness (QED) is 0.0604. The second-order valence-corrected chi connectivity index (χ2v) is 20.5. The number of β-amino-alcohol motifs (C(OH)–C–C–N with tert-alkyl or cyclic N) is 2. The number of methoxy groups -OCH3 is 1. The lowest BCUT2D eigenvalue weighted by atomic mass is 9.95. The van der Waals surface area contributed by atoms with Crippen molar-refractivity contribution < 1.29 is 39.4 Å². The summed E-state index contributed by atoms with van der Waals surface area (Å²) in [7, 11) is 1.64. The number of phenols is 1. The van der Waals surface area contributed by atoms with Crippen molar-refractivity contribution in [2.45, 2.75) is 75.9 Å². The highest BCUT2D eigenvalue weighted by molar-refractivity contribution is 6.33. The van der Waals surface area contributed by atoms with Crippen LogP contribution in [-0.4, -0.2) is 126 Å². The summed E-state index contributed by atoms with van der Waals surface area (Å²) >= 11 is 13.3. The van der Waals surface area contributed by atoms with Crippen molar-refractivity contribution in [2.24, 2.45) is 0 Å². The van der Waals surface area contributed by atoms with Gasteiger partial charge in [-0.25, -0.2) is 0 Å². The monoisotopic (exact) mass is 1050 g/mol. The maximum Gasteiger partial charge on any atom is 0.158 e. The van der Waals surface area contributed by atoms with E-state index in [4.69, 9.17) is 42.1 Å². The summed E-state index contributed by atoms with van der Waals surface area (Å²) in [5, 5.41) is 43.1. The number of hydrogen-bond donors (Lipinski definition) is 4. The van der Waals surface area contributed by atoms with Crippen molar-refractivity contribution >= 4 is 34.6 Å². The second kappa shape index (κ2) is 25.9. The number of rotatable bonds is 18. The van der Waals surface area contributed by atoms with Crippen LogP contribution in [0.15, 0.2) is 134 Å². The predicted octanol–water partition coefficient (Wildman–Crippen LogP) is 9.28. The van der Waals surface area contributed by atoms with E-state index in [0.717, 1.165) is 93.3 Å². The number of benzene rings is 4. The molecule has 4 N–H and O–H groups in total. The number of piperazine rings is 2. The first-order valence-electron chi connectivity index (χ1n) is 25.5. The molecule has 3 aliphatic rings. The lowest BCUT2D eigenvalue weighted by Gasteiger charge is -2.45. The Morgan fingerprint density at radius 1 is 0.662 bits per heavy atom. The first kappa shape index (κ1) is 54.9. The molecule has 74 heavy (non-hydrogen) atoms. The number of aliphatic hydroxyl groups is 3. The van der Waals surface area contributed by atoms with E-state index >= 15 is 0 Å². The molecule has 0 bridgehead atoms. The smallest absolute Gasteiger partial charge is 0.158 e. The van der Waals surface area contributed by atoms with Crippen molar-refractivity contribution in [3.8, 4) is 11.5 Å². The fourth-order valence-corrected chi connectivity index (χ4v) is 10.5. The lowest BCUT2D eigenvalue weighted by molar-refractivity contribution is -0.169. The van der Waals surface area contributed by atoms with Gasteiger partial charge in [0.1, 0.15) is 29.3 Å². The average Bonchev–Trinajstić information content (AvgIpc) is 3.42. The van der Waals surface area contributed by atoms with Gasteiger partial charge in [0.25, 0.3) is 0 Å². The van der Waals surface area contributed by atoms with Crippen LogP contribution < -0.4 is 14.5 Å². The van der Waals surface area contributed by atoms with E-state index in [2.05, 4.69) is 53.8 Å². The minimum absolute atomic E-state index is 0.0439. The molecule has 4 aromatic carbocycles. The Balaban J connectivity index is 0.000000197. The molecule has 5 atom stereocenters. The Morgan fingerprint density at radius 3 is 1.70 bits per heavy atom. The maximum absolute atomic E-state index is 11.5. The van der Waals surface area contributed by atoms with Crippen molar-refractivity contribution in [1.82, 2.24) is 19.8 Å². The highest BCUT2D eigenvalue weighted by Gasteiger charge is 2.36. The van der Waals surface area contributed by atoms with Gasteiger partial charge in [0.05, 0.1) is 64.7 Å². The molecule has 16 heteroatoms. The Bertz CT molecular complexity index is 2660. The van der Waals surface area contributed by atoms with E-state index in [9.17, 15) is 20.4 Å². The molecule has 0 saturated carbocycles. The van der Waals surface area contributed by atoms with Crippen molar-refractivity contribution in [1.29, 1.82) is 0 Å². The summed E-state index contributed by atoms with van der Waals surface area (Å²) in [6.45, 7) is 11.1. The molecule has 0 spiro atoms. The van der Waals surface area contributed by atoms with Crippen LogP contribution in [0.4, 0.5) is 11.4 Å². The third-order valence-corrected chi connectivity index (χ3v) is 14.6. The van der Waals surface area contributed by atoms with Gasteiger partial charge in [-0.3, -0.25) is 19.8 Å². The molecular formula is C58H70Cl2N6O8. The average molecular weight is 1050 g/mol. The summed E-state index contributed by atoms with van der Waals surface area (Å²) in [6.07, 6.45) is 6.38. The van der Waals surface area contributed by atoms with E-state index in [1.54, 1.807) is 37.7 Å². The fourth-order valence-electron chi connectivity index (χ4n) is 9.99. The van der Waals surface area contributed by atoms with Crippen LogP contribution in [0.3, 0.4) is 0 Å². The molecule has 3 fully saturated rings. The van der Waals surface area contributed by atoms with Gasteiger partial charge >= 0.3 is 0 Å². The Kier molecular flexibility index (Phi) is 19.2. The number of aliphatic hydroxyl groups excluding tert-OH is 1. The van der Waals surface area contributed by atoms with E-state index in [1.165, 1.54) is 11.1 Å². The van der Waals surface area contributed by atoms with Crippen molar-refractivity contribution in [2.75, 3.05) is 89.1 Å². The normalized spacial score (nSPS) is 20.2. The first-order valence-corrected chi connectivity index (χ1v) is 26.2.